The maximum Gasteiger partial charge on any atom is 0.338 e. The molecule has 8 heteroatoms. The van der Waals surface area contributed by atoms with Gasteiger partial charge in [0.25, 0.3) is 5.69 Å². The van der Waals surface area contributed by atoms with Crippen LogP contribution in [0.3, 0.4) is 0 Å². The second kappa shape index (κ2) is 5.65. The Bertz CT molecular complexity index is 584. The number of rotatable bonds is 5. The highest BCUT2D eigenvalue weighted by Crippen LogP contribution is 2.32. The minimum Gasteiger partial charge on any atom is -0.478 e. The van der Waals surface area contributed by atoms with Gasteiger partial charge in [0, 0.05) is 6.54 Å². The highest BCUT2D eigenvalue weighted by atomic mass is 19.1. The summed E-state index contributed by atoms with van der Waals surface area (Å²) in [5, 5.41) is 32.7. The summed E-state index contributed by atoms with van der Waals surface area (Å²) in [5.74, 6) is -2.68. The highest BCUT2D eigenvalue weighted by Gasteiger charge is 2.32. The fraction of sp³-hybridized carbons (Fsp3) is 0.462. The number of anilines is 1. The van der Waals surface area contributed by atoms with Crippen LogP contribution in [-0.4, -0.2) is 33.3 Å². The van der Waals surface area contributed by atoms with Crippen LogP contribution >= 0.6 is 0 Å². The molecule has 0 aromatic heterocycles. The molecule has 0 unspecified atom stereocenters. The largest absolute Gasteiger partial charge is 0.478 e. The standard InChI is InChI=1S/C13H15FN2O5/c14-9-6-11(16(20)21)10(5-8(9)12(17)18)15-7-13(19)3-1-2-4-13/h5-6,15,19H,1-4,7H2,(H,17,18). The topological polar surface area (TPSA) is 113 Å². The third-order valence-electron chi connectivity index (χ3n) is 3.65. The predicted molar refractivity (Wildman–Crippen MR) is 71.9 cm³/mol. The van der Waals surface area contributed by atoms with E-state index in [9.17, 15) is 24.4 Å². The molecule has 21 heavy (non-hydrogen) atoms. The zero-order chi connectivity index (χ0) is 15.6. The molecule has 0 aliphatic heterocycles. The van der Waals surface area contributed by atoms with E-state index in [0.717, 1.165) is 18.9 Å². The summed E-state index contributed by atoms with van der Waals surface area (Å²) in [6.45, 7) is 0.0541. The van der Waals surface area contributed by atoms with Crippen molar-refractivity contribution in [2.24, 2.45) is 0 Å². The van der Waals surface area contributed by atoms with Crippen molar-refractivity contribution in [1.82, 2.24) is 0 Å². The van der Waals surface area contributed by atoms with E-state index in [1.54, 1.807) is 0 Å². The van der Waals surface area contributed by atoms with E-state index >= 15 is 0 Å². The zero-order valence-corrected chi connectivity index (χ0v) is 11.1. The van der Waals surface area contributed by atoms with Gasteiger partial charge in [-0.15, -0.1) is 0 Å². The molecule has 0 amide bonds. The maximum atomic E-state index is 13.5. The van der Waals surface area contributed by atoms with Gasteiger partial charge in [-0.25, -0.2) is 9.18 Å². The van der Waals surface area contributed by atoms with Crippen molar-refractivity contribution in [3.05, 3.63) is 33.6 Å². The number of aromatic carboxylic acids is 1. The number of nitro benzene ring substituents is 1. The monoisotopic (exact) mass is 298 g/mol. The van der Waals surface area contributed by atoms with Crippen LogP contribution in [0.4, 0.5) is 15.8 Å². The van der Waals surface area contributed by atoms with Gasteiger partial charge in [-0.1, -0.05) is 12.8 Å². The summed E-state index contributed by atoms with van der Waals surface area (Å²) in [6.07, 6.45) is 2.87. The Kier molecular flexibility index (Phi) is 4.08. The van der Waals surface area contributed by atoms with Gasteiger partial charge in [0.2, 0.25) is 0 Å². The van der Waals surface area contributed by atoms with Crippen molar-refractivity contribution >= 4 is 17.3 Å². The summed E-state index contributed by atoms with van der Waals surface area (Å²) in [4.78, 5) is 21.0. The first-order chi connectivity index (χ1) is 9.82. The minimum absolute atomic E-state index is 0.0541. The number of aliphatic hydroxyl groups is 1. The molecular formula is C13H15FN2O5. The minimum atomic E-state index is -1.51. The van der Waals surface area contributed by atoms with Gasteiger partial charge in [-0.2, -0.15) is 0 Å². The van der Waals surface area contributed by atoms with Crippen molar-refractivity contribution in [2.75, 3.05) is 11.9 Å². The van der Waals surface area contributed by atoms with Crippen molar-refractivity contribution in [2.45, 2.75) is 31.3 Å². The molecule has 7 nitrogen and oxygen atoms in total. The van der Waals surface area contributed by atoms with Crippen molar-refractivity contribution in [1.29, 1.82) is 0 Å². The first-order valence-corrected chi connectivity index (χ1v) is 6.50. The average molecular weight is 298 g/mol. The van der Waals surface area contributed by atoms with E-state index in [4.69, 9.17) is 5.11 Å². The first kappa shape index (κ1) is 15.2. The average Bonchev–Trinajstić information content (AvgIpc) is 2.83. The number of hydrogen-bond acceptors (Lipinski definition) is 5. The molecule has 0 heterocycles. The van der Waals surface area contributed by atoms with Gasteiger partial charge in [-0.05, 0) is 18.9 Å². The van der Waals surface area contributed by atoms with E-state index in [1.807, 2.05) is 0 Å². The Balaban J connectivity index is 2.29. The van der Waals surface area contributed by atoms with Gasteiger partial charge in [0.05, 0.1) is 22.2 Å². The van der Waals surface area contributed by atoms with Crippen LogP contribution in [0.2, 0.25) is 0 Å². The summed E-state index contributed by atoms with van der Waals surface area (Å²) in [7, 11) is 0. The normalized spacial score (nSPS) is 16.7. The Hall–Kier alpha value is -2.22. The van der Waals surface area contributed by atoms with Crippen molar-refractivity contribution in [3.8, 4) is 0 Å². The summed E-state index contributed by atoms with van der Waals surface area (Å²) >= 11 is 0. The molecule has 0 atom stereocenters. The number of hydrogen-bond donors (Lipinski definition) is 3. The number of nitro groups is 1. The van der Waals surface area contributed by atoms with E-state index in [1.165, 1.54) is 0 Å². The van der Waals surface area contributed by atoms with Crippen LogP contribution in [0.5, 0.6) is 0 Å². The number of halogens is 1. The second-order valence-corrected chi connectivity index (χ2v) is 5.20. The summed E-state index contributed by atoms with van der Waals surface area (Å²) in [5.41, 5.74) is -2.29. The van der Waals surface area contributed by atoms with E-state index < -0.39 is 33.6 Å². The molecule has 0 saturated heterocycles. The summed E-state index contributed by atoms with van der Waals surface area (Å²) in [6, 6.07) is 1.46. The molecule has 3 N–H and O–H groups in total. The summed E-state index contributed by atoms with van der Waals surface area (Å²) < 4.78 is 13.5. The molecule has 1 fully saturated rings. The van der Waals surface area contributed by atoms with Gasteiger partial charge in [0.1, 0.15) is 11.5 Å². The van der Waals surface area contributed by atoms with Gasteiger partial charge in [-0.3, -0.25) is 10.1 Å². The lowest BCUT2D eigenvalue weighted by Gasteiger charge is -2.23. The molecule has 2 rings (SSSR count). The predicted octanol–water partition coefficient (Wildman–Crippen LogP) is 2.15. The van der Waals surface area contributed by atoms with Crippen LogP contribution < -0.4 is 5.32 Å². The van der Waals surface area contributed by atoms with Crippen molar-refractivity contribution in [3.63, 3.8) is 0 Å². The zero-order valence-electron chi connectivity index (χ0n) is 11.1. The lowest BCUT2D eigenvalue weighted by Crippen LogP contribution is -2.33. The molecule has 1 saturated carbocycles. The third-order valence-corrected chi connectivity index (χ3v) is 3.65. The van der Waals surface area contributed by atoms with Crippen LogP contribution in [0, 0.1) is 15.9 Å². The molecule has 114 valence electrons. The molecule has 1 aromatic rings. The SMILES string of the molecule is O=C(O)c1cc(NCC2(O)CCCC2)c([N+](=O)[O-])cc1F. The number of nitrogens with one attached hydrogen (secondary N) is 1. The van der Waals surface area contributed by atoms with Gasteiger partial charge in [0.15, 0.2) is 0 Å². The number of nitrogens with zero attached hydrogens (tertiary/aromatic N) is 1. The Labute approximate surface area is 119 Å². The fourth-order valence-electron chi connectivity index (χ4n) is 2.49. The van der Waals surface area contributed by atoms with Crippen LogP contribution in [0.15, 0.2) is 12.1 Å². The van der Waals surface area contributed by atoms with Crippen molar-refractivity contribution < 1.29 is 24.3 Å². The molecular weight excluding hydrogens is 283 g/mol. The Morgan fingerprint density at radius 2 is 2.05 bits per heavy atom. The quantitative estimate of drug-likeness (QED) is 0.567. The number of carboxylic acids is 1. The maximum absolute atomic E-state index is 13.5. The lowest BCUT2D eigenvalue weighted by atomic mass is 10.0. The van der Waals surface area contributed by atoms with Crippen LogP contribution in [-0.2, 0) is 0 Å². The number of carboxylic acid groups (broad SMARTS) is 1. The Morgan fingerprint density at radius 1 is 1.43 bits per heavy atom. The van der Waals surface area contributed by atoms with Gasteiger partial charge < -0.3 is 15.5 Å². The van der Waals surface area contributed by atoms with E-state index in [0.29, 0.717) is 18.9 Å². The number of carbonyl (C=O) groups is 1. The van der Waals surface area contributed by atoms with Crippen LogP contribution in [0.1, 0.15) is 36.0 Å². The first-order valence-electron chi connectivity index (χ1n) is 6.50. The third kappa shape index (κ3) is 3.27. The number of benzene rings is 1. The van der Waals surface area contributed by atoms with E-state index in [-0.39, 0.29) is 12.2 Å². The molecule has 1 aromatic carbocycles. The molecule has 0 radical (unpaired) electrons. The molecule has 0 bridgehead atoms. The fourth-order valence-corrected chi connectivity index (χ4v) is 2.49. The van der Waals surface area contributed by atoms with Crippen LogP contribution in [0.25, 0.3) is 0 Å². The molecule has 1 aliphatic rings. The smallest absolute Gasteiger partial charge is 0.338 e. The van der Waals surface area contributed by atoms with E-state index in [2.05, 4.69) is 5.32 Å². The molecule has 0 spiro atoms. The second-order valence-electron chi connectivity index (χ2n) is 5.20. The molecule has 1 aliphatic carbocycles. The lowest BCUT2D eigenvalue weighted by molar-refractivity contribution is -0.384. The van der Waals surface area contributed by atoms with Gasteiger partial charge >= 0.3 is 5.97 Å². The highest BCUT2D eigenvalue weighted by molar-refractivity contribution is 5.90. The Morgan fingerprint density at radius 3 is 2.57 bits per heavy atom.